The Labute approximate surface area is 146 Å². The van der Waals surface area contributed by atoms with Crippen LogP contribution < -0.4 is 4.74 Å². The van der Waals surface area contributed by atoms with Crippen LogP contribution in [0.15, 0.2) is 48.8 Å². The summed E-state index contributed by atoms with van der Waals surface area (Å²) in [6, 6.07) is 12.3. The number of pyridine rings is 1. The highest BCUT2D eigenvalue weighted by atomic mass is 16.5. The van der Waals surface area contributed by atoms with Crippen LogP contribution in [0.4, 0.5) is 0 Å². The molecule has 3 aromatic heterocycles. The number of rotatable bonds is 5. The van der Waals surface area contributed by atoms with E-state index in [9.17, 15) is 0 Å². The molecule has 0 aliphatic rings. The number of benzene rings is 1. The predicted octanol–water partition coefficient (Wildman–Crippen LogP) is 4.14. The summed E-state index contributed by atoms with van der Waals surface area (Å²) in [6.45, 7) is 2.57. The Balaban J connectivity index is 1.80. The molecule has 1 atom stereocenters. The fourth-order valence-corrected chi connectivity index (χ4v) is 3.26. The Hall–Kier alpha value is -2.79. The lowest BCUT2D eigenvalue weighted by molar-refractivity contribution is 0.0922. The van der Waals surface area contributed by atoms with Crippen molar-refractivity contribution in [1.82, 2.24) is 14.5 Å². The fourth-order valence-electron chi connectivity index (χ4n) is 3.26. The van der Waals surface area contributed by atoms with Crippen LogP contribution in [-0.4, -0.2) is 34.4 Å². The van der Waals surface area contributed by atoms with E-state index >= 15 is 0 Å². The van der Waals surface area contributed by atoms with Crippen LogP contribution in [0.3, 0.4) is 0 Å². The normalized spacial score (nSPS) is 12.8. The van der Waals surface area contributed by atoms with Gasteiger partial charge in [0, 0.05) is 54.1 Å². The maximum Gasteiger partial charge on any atom is 0.137 e. The minimum atomic E-state index is 0.00638. The smallest absolute Gasteiger partial charge is 0.137 e. The second-order valence-electron chi connectivity index (χ2n) is 6.34. The van der Waals surface area contributed by atoms with Gasteiger partial charge in [0.1, 0.15) is 17.5 Å². The molecule has 25 heavy (non-hydrogen) atoms. The average Bonchev–Trinajstić information content (AvgIpc) is 3.16. The molecule has 1 N–H and O–H groups in total. The molecule has 0 saturated carbocycles. The second kappa shape index (κ2) is 6.26. The number of nitrogens with zero attached hydrogens (tertiary/aromatic N) is 2. The van der Waals surface area contributed by atoms with E-state index in [2.05, 4.69) is 52.0 Å². The number of hydrogen-bond donors (Lipinski definition) is 1. The Morgan fingerprint density at radius 2 is 2.12 bits per heavy atom. The zero-order valence-electron chi connectivity index (χ0n) is 14.6. The number of nitrogens with one attached hydrogen (secondary N) is 1. The predicted molar refractivity (Wildman–Crippen MR) is 100.0 cm³/mol. The van der Waals surface area contributed by atoms with E-state index in [0.717, 1.165) is 38.9 Å². The van der Waals surface area contributed by atoms with E-state index in [1.807, 2.05) is 19.1 Å². The summed E-state index contributed by atoms with van der Waals surface area (Å²) in [4.78, 5) is 7.80. The lowest BCUT2D eigenvalue weighted by Gasteiger charge is -2.13. The van der Waals surface area contributed by atoms with Crippen molar-refractivity contribution in [2.24, 2.45) is 7.05 Å². The molecule has 4 rings (SSSR count). The third-order valence-corrected chi connectivity index (χ3v) is 4.38. The van der Waals surface area contributed by atoms with Gasteiger partial charge in [-0.1, -0.05) is 0 Å². The van der Waals surface area contributed by atoms with Crippen LogP contribution in [0, 0.1) is 0 Å². The van der Waals surface area contributed by atoms with E-state index < -0.39 is 0 Å². The molecule has 5 nitrogen and oxygen atoms in total. The van der Waals surface area contributed by atoms with Crippen LogP contribution >= 0.6 is 0 Å². The molecule has 0 fully saturated rings. The molecule has 1 aromatic carbocycles. The lowest BCUT2D eigenvalue weighted by atomic mass is 10.1. The topological polar surface area (TPSA) is 52.1 Å². The largest absolute Gasteiger partial charge is 0.488 e. The van der Waals surface area contributed by atoms with Gasteiger partial charge in [-0.3, -0.25) is 0 Å². The molecule has 0 bridgehead atoms. The van der Waals surface area contributed by atoms with E-state index in [1.165, 1.54) is 0 Å². The minimum absolute atomic E-state index is 0.00638. The summed E-state index contributed by atoms with van der Waals surface area (Å²) >= 11 is 0. The molecule has 0 aliphatic carbocycles. The maximum absolute atomic E-state index is 5.97. The quantitative estimate of drug-likeness (QED) is 0.596. The lowest BCUT2D eigenvalue weighted by Crippen LogP contribution is -2.17. The summed E-state index contributed by atoms with van der Waals surface area (Å²) < 4.78 is 13.2. The number of aryl methyl sites for hydroxylation is 1. The van der Waals surface area contributed by atoms with Crippen LogP contribution in [0.5, 0.6) is 5.75 Å². The number of hydrogen-bond acceptors (Lipinski definition) is 3. The van der Waals surface area contributed by atoms with Gasteiger partial charge >= 0.3 is 0 Å². The van der Waals surface area contributed by atoms with Crippen LogP contribution in [0.2, 0.25) is 0 Å². The summed E-state index contributed by atoms with van der Waals surface area (Å²) in [7, 11) is 3.74. The second-order valence-corrected chi connectivity index (χ2v) is 6.34. The SMILES string of the molecule is COCC(C)Oc1ccc2c(c1)c(-c1cc3cccnc3[nH]1)cn2C. The van der Waals surface area contributed by atoms with Crippen molar-refractivity contribution in [3.8, 4) is 17.0 Å². The van der Waals surface area contributed by atoms with E-state index in [4.69, 9.17) is 9.47 Å². The van der Waals surface area contributed by atoms with Gasteiger partial charge in [0.25, 0.3) is 0 Å². The Kier molecular flexibility index (Phi) is 3.93. The molecule has 3 heterocycles. The first-order valence-corrected chi connectivity index (χ1v) is 8.34. The number of methoxy groups -OCH3 is 1. The fraction of sp³-hybridized carbons (Fsp3) is 0.250. The highest BCUT2D eigenvalue weighted by molar-refractivity contribution is 5.98. The van der Waals surface area contributed by atoms with Gasteiger partial charge in [0.15, 0.2) is 0 Å². The maximum atomic E-state index is 5.97. The third kappa shape index (κ3) is 2.87. The van der Waals surface area contributed by atoms with Gasteiger partial charge in [-0.05, 0) is 43.3 Å². The number of aromatic amines is 1. The first-order valence-electron chi connectivity index (χ1n) is 8.34. The summed E-state index contributed by atoms with van der Waals surface area (Å²) in [5, 5.41) is 2.26. The van der Waals surface area contributed by atoms with Gasteiger partial charge in [-0.25, -0.2) is 4.98 Å². The molecule has 128 valence electrons. The first kappa shape index (κ1) is 15.7. The van der Waals surface area contributed by atoms with Crippen molar-refractivity contribution in [3.63, 3.8) is 0 Å². The van der Waals surface area contributed by atoms with Crippen molar-refractivity contribution >= 4 is 21.9 Å². The van der Waals surface area contributed by atoms with Crippen LogP contribution in [0.1, 0.15) is 6.92 Å². The van der Waals surface area contributed by atoms with Gasteiger partial charge in [0.05, 0.1) is 6.61 Å². The number of fused-ring (bicyclic) bond motifs is 2. The molecular formula is C20H21N3O2. The molecule has 0 aliphatic heterocycles. The number of ether oxygens (including phenoxy) is 2. The van der Waals surface area contributed by atoms with Crippen molar-refractivity contribution in [1.29, 1.82) is 0 Å². The van der Waals surface area contributed by atoms with Gasteiger partial charge < -0.3 is 19.0 Å². The zero-order valence-corrected chi connectivity index (χ0v) is 14.6. The number of H-pyrrole nitrogens is 1. The third-order valence-electron chi connectivity index (χ3n) is 4.38. The zero-order chi connectivity index (χ0) is 17.4. The van der Waals surface area contributed by atoms with Crippen molar-refractivity contribution in [2.75, 3.05) is 13.7 Å². The highest BCUT2D eigenvalue weighted by Gasteiger charge is 2.13. The Morgan fingerprint density at radius 1 is 1.24 bits per heavy atom. The molecule has 0 spiro atoms. The van der Waals surface area contributed by atoms with Crippen LogP contribution in [-0.2, 0) is 11.8 Å². The van der Waals surface area contributed by atoms with Gasteiger partial charge in [0.2, 0.25) is 0 Å². The van der Waals surface area contributed by atoms with E-state index in [-0.39, 0.29) is 6.10 Å². The highest BCUT2D eigenvalue weighted by Crippen LogP contribution is 2.33. The standard InChI is InChI=1S/C20H21N3O2/c1-13(12-24-3)25-15-6-7-19-16(10-15)17(11-23(19)2)18-9-14-5-4-8-21-20(14)22-18/h4-11,13H,12H2,1-3H3,(H,21,22). The monoisotopic (exact) mass is 335 g/mol. The van der Waals surface area contributed by atoms with E-state index in [0.29, 0.717) is 6.61 Å². The van der Waals surface area contributed by atoms with Gasteiger partial charge in [-0.2, -0.15) is 0 Å². The van der Waals surface area contributed by atoms with Gasteiger partial charge in [-0.15, -0.1) is 0 Å². The van der Waals surface area contributed by atoms with Crippen molar-refractivity contribution < 1.29 is 9.47 Å². The Bertz CT molecular complexity index is 999. The summed E-state index contributed by atoms with van der Waals surface area (Å²) in [5.74, 6) is 0.846. The molecule has 1 unspecified atom stereocenters. The molecule has 5 heteroatoms. The summed E-state index contributed by atoms with van der Waals surface area (Å²) in [5.41, 5.74) is 4.26. The Morgan fingerprint density at radius 3 is 2.92 bits per heavy atom. The summed E-state index contributed by atoms with van der Waals surface area (Å²) in [6.07, 6.45) is 3.94. The minimum Gasteiger partial charge on any atom is -0.488 e. The van der Waals surface area contributed by atoms with Crippen LogP contribution in [0.25, 0.3) is 33.2 Å². The average molecular weight is 335 g/mol. The molecule has 4 aromatic rings. The molecule has 0 amide bonds. The van der Waals surface area contributed by atoms with E-state index in [1.54, 1.807) is 13.3 Å². The molecular weight excluding hydrogens is 314 g/mol. The van der Waals surface area contributed by atoms with Crippen molar-refractivity contribution in [3.05, 3.63) is 48.8 Å². The van der Waals surface area contributed by atoms with Crippen molar-refractivity contribution in [2.45, 2.75) is 13.0 Å². The first-order chi connectivity index (χ1) is 12.2. The number of aromatic nitrogens is 3. The molecule has 0 saturated heterocycles. The molecule has 0 radical (unpaired) electrons.